The van der Waals surface area contributed by atoms with Crippen LogP contribution >= 0.6 is 0 Å². The Morgan fingerprint density at radius 2 is 0.765 bits per heavy atom. The van der Waals surface area contributed by atoms with Gasteiger partial charge in [0.15, 0.2) is 0 Å². The van der Waals surface area contributed by atoms with Gasteiger partial charge in [-0.2, -0.15) is 8.42 Å². The van der Waals surface area contributed by atoms with Crippen LogP contribution in [0.3, 0.4) is 0 Å². The summed E-state index contributed by atoms with van der Waals surface area (Å²) in [5.74, 6) is -6.43. The van der Waals surface area contributed by atoms with Gasteiger partial charge in [0.05, 0.1) is 60.3 Å². The van der Waals surface area contributed by atoms with Gasteiger partial charge in [0, 0.05) is 56.7 Å². The molecule has 0 unspecified atom stereocenters. The number of esters is 3. The van der Waals surface area contributed by atoms with E-state index in [0.717, 1.165) is 25.3 Å². The van der Waals surface area contributed by atoms with E-state index in [0.29, 0.717) is 12.0 Å². The fourth-order valence-corrected chi connectivity index (χ4v) is 4.45. The van der Waals surface area contributed by atoms with E-state index in [-0.39, 0.29) is 68.4 Å². The predicted molar refractivity (Wildman–Crippen MR) is 233 cm³/mol. The maximum Gasteiger partial charge on any atom is 1.00 e. The number of aliphatic hydroxyl groups excluding tert-OH is 1. The minimum atomic E-state index is -4.67. The molecule has 0 radical (unpaired) electrons. The van der Waals surface area contributed by atoms with E-state index < -0.39 is 52.2 Å². The van der Waals surface area contributed by atoms with Crippen LogP contribution in [0.15, 0.2) is 98.1 Å². The Labute approximate surface area is 411 Å². The Morgan fingerprint density at radius 3 is 1.07 bits per heavy atom. The molecule has 0 aliphatic rings. The number of carboxylic acid groups (broad SMARTS) is 4. The minimum Gasteiger partial charge on any atom is -0.870 e. The Kier molecular flexibility index (Phi) is 36.8. The third-order valence-electron chi connectivity index (χ3n) is 7.52. The number of benzene rings is 1. The minimum absolute atomic E-state index is 0. The van der Waals surface area contributed by atoms with Crippen molar-refractivity contribution < 1.29 is 126 Å². The Bertz CT molecular complexity index is 2410. The fourth-order valence-electron chi connectivity index (χ4n) is 4.45. The van der Waals surface area contributed by atoms with Crippen molar-refractivity contribution in [3.05, 3.63) is 154 Å². The van der Waals surface area contributed by atoms with Gasteiger partial charge in [0.1, 0.15) is 0 Å². The molecule has 0 atom stereocenters. The van der Waals surface area contributed by atoms with Gasteiger partial charge in [-0.25, -0.2) is 33.6 Å². The zero-order chi connectivity index (χ0) is 51.0. The molecule has 364 valence electrons. The summed E-state index contributed by atoms with van der Waals surface area (Å²) in [5.41, 5.74) is 3.53. The molecule has 1 aromatic carbocycles. The van der Waals surface area contributed by atoms with Gasteiger partial charge in [-0.3, -0.25) is 29.0 Å². The predicted octanol–water partition coefficient (Wildman–Crippen LogP) is 1.38. The summed E-state index contributed by atoms with van der Waals surface area (Å²) in [6.07, 6.45) is 13.7. The standard InChI is InChI=1S/C9H9NO4.C8H7NO4.C8H9NO2.C8H11N.C8H6O4.CH4O.Na.H2O4S.H2O/c1-13-8(11)6-3-4-10-5-7(6)9(12)14-2;1-13-8(12)6-4-9-3-2-5(6)7(10)11;1-2-6-5-9-4-3-7(6)8(10)11;1-3-8-6-9-5-4-7(8)2;9-7(10)5-3-1-2-4-6(5)8(11)12;1-2;;1-5(2,3)4;/h3-5H,1-2H3;2-4H,1H3,(H,10,11);3-5H,2H2,1H3,(H,10,11);4-6H,3H2,1-2H3;1-4H,(H,9,10)(H,11,12);2H,1H3;;(H2,1,2,3,4);1H2/q;;;;;;+1;;/p-1. The van der Waals surface area contributed by atoms with Crippen molar-refractivity contribution >= 4 is 52.2 Å². The molecule has 0 spiro atoms. The Hall–Kier alpha value is -7.10. The van der Waals surface area contributed by atoms with Gasteiger partial charge in [0.25, 0.3) is 0 Å². The molecule has 24 nitrogen and oxygen atoms in total. The number of methoxy groups -OCH3 is 3. The maximum absolute atomic E-state index is 11.2. The summed E-state index contributed by atoms with van der Waals surface area (Å²) in [6, 6.07) is 11.7. The molecule has 0 amide bonds. The number of nitrogens with zero attached hydrogens (tertiary/aromatic N) is 4. The number of pyridine rings is 4. The summed E-state index contributed by atoms with van der Waals surface area (Å²) in [6.45, 7) is 6.16. The summed E-state index contributed by atoms with van der Waals surface area (Å²) >= 11 is 0. The number of carboxylic acids is 4. The number of ether oxygens (including phenoxy) is 3. The molecule has 5 aromatic rings. The molecule has 68 heavy (non-hydrogen) atoms. The van der Waals surface area contributed by atoms with Crippen LogP contribution in [-0.2, 0) is 37.5 Å². The fraction of sp³-hybridized carbons (Fsp3) is 0.214. The summed E-state index contributed by atoms with van der Waals surface area (Å²) in [7, 11) is -0.0127. The molecule has 0 bridgehead atoms. The first-order valence-corrected chi connectivity index (χ1v) is 19.6. The summed E-state index contributed by atoms with van der Waals surface area (Å²) in [5, 5.41) is 41.4. The maximum atomic E-state index is 11.2. The smallest absolute Gasteiger partial charge is 0.870 e. The van der Waals surface area contributed by atoms with Crippen LogP contribution in [0.1, 0.15) is 103 Å². The molecule has 4 aromatic heterocycles. The van der Waals surface area contributed by atoms with Crippen molar-refractivity contribution in [1.29, 1.82) is 0 Å². The summed E-state index contributed by atoms with van der Waals surface area (Å²) < 4.78 is 45.0. The van der Waals surface area contributed by atoms with Crippen molar-refractivity contribution in [3.8, 4) is 0 Å². The first kappa shape index (κ1) is 67.5. The van der Waals surface area contributed by atoms with Crippen molar-refractivity contribution in [3.63, 3.8) is 0 Å². The van der Waals surface area contributed by atoms with Crippen LogP contribution < -0.4 is 29.6 Å². The molecular formula is C42H49N4NaO20S. The number of carbonyl (C=O) groups excluding carboxylic acids is 3. The third kappa shape index (κ3) is 26.8. The van der Waals surface area contributed by atoms with Crippen LogP contribution in [-0.4, -0.2) is 139 Å². The van der Waals surface area contributed by atoms with Gasteiger partial charge in [-0.15, -0.1) is 0 Å². The Balaban J connectivity index is -0.000000363. The normalized spacial score (nSPS) is 9.09. The second-order valence-electron chi connectivity index (χ2n) is 11.6. The number of hydrogen-bond donors (Lipinski definition) is 7. The van der Waals surface area contributed by atoms with Crippen LogP contribution in [0.4, 0.5) is 0 Å². The molecule has 0 aliphatic carbocycles. The van der Waals surface area contributed by atoms with Gasteiger partial charge in [-0.05, 0) is 72.9 Å². The number of aromatic nitrogens is 4. The number of hydrogen-bond acceptors (Lipinski definition) is 18. The average molecular weight is 985 g/mol. The number of aryl methyl sites for hydroxylation is 3. The molecule has 4 heterocycles. The topological polar surface area (TPSA) is 404 Å². The molecule has 8 N–H and O–H groups in total. The molecule has 0 fully saturated rings. The molecule has 0 saturated carbocycles. The average Bonchev–Trinajstić information content (AvgIpc) is 3.31. The molecule has 26 heteroatoms. The monoisotopic (exact) mass is 984 g/mol. The largest absolute Gasteiger partial charge is 1.00 e. The van der Waals surface area contributed by atoms with E-state index >= 15 is 0 Å². The van der Waals surface area contributed by atoms with Crippen molar-refractivity contribution in [2.24, 2.45) is 0 Å². The Morgan fingerprint density at radius 1 is 0.485 bits per heavy atom. The van der Waals surface area contributed by atoms with Crippen molar-refractivity contribution in [2.45, 2.75) is 33.6 Å². The summed E-state index contributed by atoms with van der Waals surface area (Å²) in [4.78, 5) is 90.7. The zero-order valence-electron chi connectivity index (χ0n) is 37.8. The molecule has 0 saturated heterocycles. The number of aromatic carboxylic acids is 4. The zero-order valence-corrected chi connectivity index (χ0v) is 40.6. The van der Waals surface area contributed by atoms with Crippen LogP contribution in [0.2, 0.25) is 0 Å². The van der Waals surface area contributed by atoms with Gasteiger partial charge in [-0.1, -0.05) is 26.0 Å². The molecular weight excluding hydrogens is 936 g/mol. The van der Waals surface area contributed by atoms with Crippen LogP contribution in [0, 0.1) is 6.92 Å². The second kappa shape index (κ2) is 37.0. The van der Waals surface area contributed by atoms with E-state index in [9.17, 15) is 33.6 Å². The van der Waals surface area contributed by atoms with E-state index in [1.807, 2.05) is 25.4 Å². The van der Waals surface area contributed by atoms with E-state index in [1.165, 1.54) is 99.7 Å². The van der Waals surface area contributed by atoms with E-state index in [2.05, 4.69) is 48.0 Å². The third-order valence-corrected chi connectivity index (χ3v) is 7.52. The second-order valence-corrected chi connectivity index (χ2v) is 12.5. The van der Waals surface area contributed by atoms with Gasteiger partial charge in [0.2, 0.25) is 0 Å². The van der Waals surface area contributed by atoms with E-state index in [1.54, 1.807) is 6.20 Å². The quantitative estimate of drug-likeness (QED) is 0.0475. The van der Waals surface area contributed by atoms with E-state index in [4.69, 9.17) is 43.1 Å². The van der Waals surface area contributed by atoms with Crippen molar-refractivity contribution in [2.75, 3.05) is 28.4 Å². The van der Waals surface area contributed by atoms with Crippen LogP contribution in [0.25, 0.3) is 0 Å². The first-order valence-electron chi connectivity index (χ1n) is 18.2. The van der Waals surface area contributed by atoms with Crippen molar-refractivity contribution in [1.82, 2.24) is 19.9 Å². The van der Waals surface area contributed by atoms with Gasteiger partial charge >= 0.3 is 81.7 Å². The SMILES string of the molecule is CCc1cnccc1C.CCc1cnccc1C(=O)O.CO.COC(=O)c1ccncc1C(=O)OC.COC(=O)c1cnccc1C(=O)O.O=C(O)c1ccccc1C(=O)O.O=S(=O)(O)O.[Na+].[OH-]. The molecule has 5 rings (SSSR count). The number of aliphatic hydroxyl groups is 1. The first-order chi connectivity index (χ1) is 31.1. The number of carbonyl (C=O) groups is 7. The number of rotatable bonds is 9. The van der Waals surface area contributed by atoms with Crippen LogP contribution in [0.5, 0.6) is 0 Å². The molecule has 0 aliphatic heterocycles. The van der Waals surface area contributed by atoms with Gasteiger partial charge < -0.3 is 45.2 Å².